The van der Waals surface area contributed by atoms with Crippen molar-refractivity contribution in [1.29, 1.82) is 0 Å². The lowest BCUT2D eigenvalue weighted by atomic mass is 10.1. The number of thiophene rings is 1. The Morgan fingerprint density at radius 2 is 1.86 bits per heavy atom. The largest absolute Gasteiger partial charge is 0.358 e. The van der Waals surface area contributed by atoms with Crippen LogP contribution >= 0.6 is 22.9 Å². The summed E-state index contributed by atoms with van der Waals surface area (Å²) in [6, 6.07) is 15.9. The Balaban J connectivity index is 1.33. The first-order valence-corrected chi connectivity index (χ1v) is 13.5. The van der Waals surface area contributed by atoms with Crippen molar-refractivity contribution in [2.75, 3.05) is 25.5 Å². The highest BCUT2D eigenvalue weighted by Gasteiger charge is 2.20. The highest BCUT2D eigenvalue weighted by atomic mass is 35.5. The van der Waals surface area contributed by atoms with Crippen molar-refractivity contribution in [1.82, 2.24) is 14.2 Å². The molecule has 0 fully saturated rings. The van der Waals surface area contributed by atoms with Gasteiger partial charge in [0.15, 0.2) is 0 Å². The molecule has 2 aromatic heterocycles. The predicted molar refractivity (Wildman–Crippen MR) is 142 cm³/mol. The fourth-order valence-corrected chi connectivity index (χ4v) is 6.30. The minimum Gasteiger partial charge on any atom is -0.358 e. The number of sulfonamides is 1. The molecule has 0 saturated heterocycles. The van der Waals surface area contributed by atoms with Crippen molar-refractivity contribution >= 4 is 61.3 Å². The van der Waals surface area contributed by atoms with Gasteiger partial charge in [0.25, 0.3) is 15.6 Å². The van der Waals surface area contributed by atoms with Crippen LogP contribution in [0.2, 0.25) is 4.34 Å². The molecule has 0 saturated carbocycles. The topological polar surface area (TPSA) is 113 Å². The number of hydrogen-bond acceptors (Lipinski definition) is 7. The quantitative estimate of drug-likeness (QED) is 0.398. The number of nitrogens with one attached hydrogen (secondary N) is 2. The maximum Gasteiger partial charge on any atom is 0.333 e. The summed E-state index contributed by atoms with van der Waals surface area (Å²) in [6.45, 7) is 1.64. The predicted octanol–water partition coefficient (Wildman–Crippen LogP) is 3.91. The van der Waals surface area contributed by atoms with E-state index in [0.29, 0.717) is 21.1 Å². The number of rotatable bonds is 5. The number of anilines is 1. The summed E-state index contributed by atoms with van der Waals surface area (Å²) >= 11 is 6.62. The summed E-state index contributed by atoms with van der Waals surface area (Å²) in [5.41, 5.74) is 1.74. The second-order valence-corrected chi connectivity index (χ2v) is 11.7. The van der Waals surface area contributed by atoms with E-state index in [1.807, 2.05) is 30.0 Å². The number of benzene rings is 2. The average Bonchev–Trinajstić information content (AvgIpc) is 3.48. The zero-order valence-corrected chi connectivity index (χ0v) is 21.3. The van der Waals surface area contributed by atoms with Gasteiger partial charge in [0.05, 0.1) is 10.9 Å². The number of amidine groups is 1. The third-order valence-corrected chi connectivity index (χ3v) is 8.72. The molecule has 5 rings (SSSR count). The fraction of sp³-hybridized carbons (Fsp3) is 0.125. The van der Waals surface area contributed by atoms with E-state index in [1.165, 1.54) is 16.7 Å². The molecule has 1 aliphatic rings. The molecule has 0 unspecified atom stereocenters. The smallest absolute Gasteiger partial charge is 0.333 e. The lowest BCUT2D eigenvalue weighted by Gasteiger charge is -2.14. The number of fused-ring (bicyclic) bond motifs is 1. The van der Waals surface area contributed by atoms with Crippen LogP contribution < -0.4 is 15.6 Å². The lowest BCUT2D eigenvalue weighted by Crippen LogP contribution is -2.33. The number of nitrogens with zero attached hydrogens (tertiary/aromatic N) is 3. The lowest BCUT2D eigenvalue weighted by molar-refractivity contribution is 0.256. The van der Waals surface area contributed by atoms with Gasteiger partial charge in [0.2, 0.25) is 0 Å². The van der Waals surface area contributed by atoms with Crippen LogP contribution in [0.4, 0.5) is 10.5 Å². The highest BCUT2D eigenvalue weighted by Crippen LogP contribution is 2.25. The third-order valence-electron chi connectivity index (χ3n) is 5.66. The zero-order valence-electron chi connectivity index (χ0n) is 18.9. The zero-order chi connectivity index (χ0) is 25.4. The van der Waals surface area contributed by atoms with Crippen LogP contribution in [0.25, 0.3) is 16.5 Å². The van der Waals surface area contributed by atoms with Crippen LogP contribution in [0.1, 0.15) is 5.56 Å². The summed E-state index contributed by atoms with van der Waals surface area (Å²) in [7, 11) is -2.04. The number of pyridine rings is 1. The molecular formula is C24H20ClN5O4S2. The van der Waals surface area contributed by atoms with E-state index >= 15 is 0 Å². The molecule has 0 atom stereocenters. The number of carbonyl (C=O) groups excluding carboxylic acids is 1. The second-order valence-electron chi connectivity index (χ2n) is 8.08. The molecular weight excluding hydrogens is 522 g/mol. The molecule has 184 valence electrons. The van der Waals surface area contributed by atoms with Gasteiger partial charge in [0, 0.05) is 42.1 Å². The van der Waals surface area contributed by atoms with Crippen molar-refractivity contribution in [3.8, 4) is 5.69 Å². The van der Waals surface area contributed by atoms with Gasteiger partial charge >= 0.3 is 6.03 Å². The number of halogens is 1. The van der Waals surface area contributed by atoms with E-state index in [4.69, 9.17) is 11.6 Å². The Hall–Kier alpha value is -3.67. The van der Waals surface area contributed by atoms with Gasteiger partial charge < -0.3 is 10.2 Å². The molecule has 2 aromatic carbocycles. The summed E-state index contributed by atoms with van der Waals surface area (Å²) in [4.78, 5) is 32.0. The average molecular weight is 542 g/mol. The second kappa shape index (κ2) is 9.41. The molecule has 0 aliphatic carbocycles. The fourth-order valence-electron chi connectivity index (χ4n) is 3.91. The Morgan fingerprint density at radius 1 is 1.08 bits per heavy atom. The van der Waals surface area contributed by atoms with Crippen molar-refractivity contribution < 1.29 is 13.2 Å². The van der Waals surface area contributed by atoms with Gasteiger partial charge in [-0.05, 0) is 60.0 Å². The molecule has 0 radical (unpaired) electrons. The number of hydrogen-bond donors (Lipinski definition) is 2. The monoisotopic (exact) mass is 541 g/mol. The number of urea groups is 1. The Labute approximate surface area is 215 Å². The maximum atomic E-state index is 13.1. The minimum atomic E-state index is -4.03. The Bertz CT molecular complexity index is 1680. The van der Waals surface area contributed by atoms with Gasteiger partial charge in [-0.1, -0.05) is 17.7 Å². The van der Waals surface area contributed by atoms with Crippen LogP contribution in [-0.4, -0.2) is 49.9 Å². The molecule has 3 heterocycles. The normalized spacial score (nSPS) is 13.6. The first-order valence-electron chi connectivity index (χ1n) is 10.8. The number of aliphatic imine (C=N–C) groups is 1. The molecule has 0 spiro atoms. The minimum absolute atomic E-state index is 0.0657. The van der Waals surface area contributed by atoms with Gasteiger partial charge in [-0.2, -0.15) is 0 Å². The molecule has 0 bridgehead atoms. The van der Waals surface area contributed by atoms with Crippen LogP contribution in [-0.2, 0) is 10.0 Å². The highest BCUT2D eigenvalue weighted by molar-refractivity contribution is 7.92. The van der Waals surface area contributed by atoms with Crippen LogP contribution in [0, 0.1) is 0 Å². The number of amides is 2. The molecule has 4 aromatic rings. The van der Waals surface area contributed by atoms with Crippen molar-refractivity contribution in [3.63, 3.8) is 0 Å². The first kappa shape index (κ1) is 24.0. The van der Waals surface area contributed by atoms with Gasteiger partial charge in [-0.3, -0.25) is 14.4 Å². The number of likely N-dealkylation sites (N-methyl/N-ethyl adjacent to an activating group) is 1. The van der Waals surface area contributed by atoms with Crippen molar-refractivity contribution in [2.45, 2.75) is 4.21 Å². The van der Waals surface area contributed by atoms with Crippen LogP contribution in [0.5, 0.6) is 0 Å². The standard InChI is InChI=1S/C24H20ClN5O4S2/c1-29-13-11-26-22(29)16-2-7-19-15(14-16)10-12-30(23(19)31)18-5-3-17(4-6-18)27-24(32)28-36(33,34)21-9-8-20(25)35-21/h2-10,12,14H,11,13H2,1H3,(H2,27,28,32). The maximum absolute atomic E-state index is 13.1. The summed E-state index contributed by atoms with van der Waals surface area (Å²) < 4.78 is 28.2. The Morgan fingerprint density at radius 3 is 2.53 bits per heavy atom. The first-order chi connectivity index (χ1) is 17.2. The number of carbonyl (C=O) groups is 1. The summed E-state index contributed by atoms with van der Waals surface area (Å²) in [5, 5.41) is 3.87. The Kier molecular flexibility index (Phi) is 6.29. The molecule has 2 N–H and O–H groups in total. The van der Waals surface area contributed by atoms with Gasteiger partial charge in [0.1, 0.15) is 10.0 Å². The SMILES string of the molecule is CN1CCN=C1c1ccc2c(=O)n(-c3ccc(NC(=O)NS(=O)(=O)c4ccc(Cl)s4)cc3)ccc2c1. The van der Waals surface area contributed by atoms with Crippen molar-refractivity contribution in [2.24, 2.45) is 4.99 Å². The van der Waals surface area contributed by atoms with Gasteiger partial charge in [-0.25, -0.2) is 17.9 Å². The van der Waals surface area contributed by atoms with E-state index in [-0.39, 0.29) is 9.77 Å². The molecule has 12 heteroatoms. The number of aromatic nitrogens is 1. The summed E-state index contributed by atoms with van der Waals surface area (Å²) in [5.74, 6) is 0.917. The third kappa shape index (κ3) is 4.72. The van der Waals surface area contributed by atoms with Gasteiger partial charge in [-0.15, -0.1) is 11.3 Å². The van der Waals surface area contributed by atoms with E-state index in [9.17, 15) is 18.0 Å². The van der Waals surface area contributed by atoms with Crippen LogP contribution in [0.3, 0.4) is 0 Å². The molecule has 9 nitrogen and oxygen atoms in total. The van der Waals surface area contributed by atoms with E-state index in [0.717, 1.165) is 41.2 Å². The van der Waals surface area contributed by atoms with E-state index in [1.54, 1.807) is 36.5 Å². The van der Waals surface area contributed by atoms with E-state index in [2.05, 4.69) is 15.2 Å². The molecule has 36 heavy (non-hydrogen) atoms. The molecule has 1 aliphatic heterocycles. The van der Waals surface area contributed by atoms with Crippen molar-refractivity contribution in [3.05, 3.63) is 87.1 Å². The molecule has 2 amide bonds. The summed E-state index contributed by atoms with van der Waals surface area (Å²) in [6.07, 6.45) is 1.70. The van der Waals surface area contributed by atoms with Crippen LogP contribution in [0.15, 0.2) is 80.9 Å². The van der Waals surface area contributed by atoms with E-state index < -0.39 is 16.1 Å².